The number of hydrogen-bond donors (Lipinski definition) is 3. The van der Waals surface area contributed by atoms with Gasteiger partial charge in [0.15, 0.2) is 0 Å². The third kappa shape index (κ3) is 61.9. The molecule has 0 aromatic carbocycles. The van der Waals surface area contributed by atoms with Crippen LogP contribution >= 0.6 is 0 Å². The maximum atomic E-state index is 10.2. The first-order valence-electron chi connectivity index (χ1n) is 17.2. The number of carbonyl (C=O) groups is 1. The van der Waals surface area contributed by atoms with E-state index in [1.807, 2.05) is 0 Å². The number of carboxylic acid groups (broad SMARTS) is 1. The number of aliphatic hydroxyl groups excluding tert-OH is 2. The monoisotopic (exact) mass is 648 g/mol. The fourth-order valence-corrected chi connectivity index (χ4v) is 4.72. The summed E-state index contributed by atoms with van der Waals surface area (Å²) in [5.41, 5.74) is 0. The van der Waals surface area contributed by atoms with Gasteiger partial charge >= 0.3 is 40.0 Å². The molecule has 0 aliphatic heterocycles. The molecule has 0 aromatic rings. The van der Waals surface area contributed by atoms with Gasteiger partial charge in [-0.15, -0.1) is 0 Å². The molecule has 3 N–H and O–H groups in total. The van der Waals surface area contributed by atoms with Crippen LogP contribution in [0.4, 0.5) is 0 Å². The Morgan fingerprint density at radius 3 is 1.12 bits per heavy atom. The van der Waals surface area contributed by atoms with Gasteiger partial charge in [0.2, 0.25) is 0 Å². The van der Waals surface area contributed by atoms with E-state index in [-0.39, 0.29) is 49.2 Å². The second-order valence-corrected chi connectivity index (χ2v) is 12.6. The first kappa shape index (κ1) is 50.1. The molecule has 0 aromatic heterocycles. The van der Waals surface area contributed by atoms with Gasteiger partial charge in [0.25, 0.3) is 0 Å². The van der Waals surface area contributed by atoms with Crippen LogP contribution in [0.2, 0.25) is 0 Å². The molecule has 0 amide bonds. The van der Waals surface area contributed by atoms with Gasteiger partial charge < -0.3 is 20.1 Å². The van der Waals surface area contributed by atoms with Gasteiger partial charge in [-0.3, -0.25) is 4.55 Å². The van der Waals surface area contributed by atoms with Gasteiger partial charge in [0.1, 0.15) is 0 Å². The molecule has 1 unspecified atom stereocenters. The maximum absolute atomic E-state index is 10.2. The molecule has 0 aliphatic rings. The fraction of sp³-hybridized carbons (Fsp3) is 0.970. The quantitative estimate of drug-likeness (QED) is 0.0578. The summed E-state index contributed by atoms with van der Waals surface area (Å²) in [5.74, 6) is -0.903. The average Bonchev–Trinajstić information content (AvgIpc) is 2.93. The number of aliphatic carboxylic acids is 1. The van der Waals surface area contributed by atoms with Gasteiger partial charge in [0, 0.05) is 5.97 Å². The van der Waals surface area contributed by atoms with Crippen molar-refractivity contribution >= 4 is 16.4 Å². The van der Waals surface area contributed by atoms with E-state index in [2.05, 4.69) is 18.0 Å². The van der Waals surface area contributed by atoms with Crippen molar-refractivity contribution in [3.8, 4) is 0 Å². The van der Waals surface area contributed by atoms with Crippen molar-refractivity contribution in [2.24, 2.45) is 0 Å². The zero-order valence-electron chi connectivity index (χ0n) is 28.7. The first-order valence-corrected chi connectivity index (χ1v) is 18.6. The van der Waals surface area contributed by atoms with Crippen LogP contribution in [0.3, 0.4) is 0 Å². The number of rotatable bonds is 29. The molecule has 8 nitrogen and oxygen atoms in total. The van der Waals surface area contributed by atoms with Crippen LogP contribution in [0, 0.1) is 0 Å². The summed E-state index contributed by atoms with van der Waals surface area (Å²) in [6.45, 7) is 5.97. The molecule has 0 bridgehead atoms. The van der Waals surface area contributed by atoms with Crippen molar-refractivity contribution < 1.29 is 66.8 Å². The first-order chi connectivity index (χ1) is 20.1. The Labute approximate surface area is 288 Å². The van der Waals surface area contributed by atoms with Gasteiger partial charge in [-0.05, 0) is 26.2 Å². The van der Waals surface area contributed by atoms with Crippen molar-refractivity contribution in [2.45, 2.75) is 194 Å². The van der Waals surface area contributed by atoms with Gasteiger partial charge in [0.05, 0.1) is 19.3 Å². The largest absolute Gasteiger partial charge is 1.00 e. The molecule has 43 heavy (non-hydrogen) atoms. The number of hydrogen-bond acceptors (Lipinski definition) is 7. The third-order valence-electron chi connectivity index (χ3n) is 6.98. The molecule has 0 heterocycles. The van der Waals surface area contributed by atoms with E-state index in [0.29, 0.717) is 6.42 Å². The third-order valence-corrected chi connectivity index (χ3v) is 7.44. The summed E-state index contributed by atoms with van der Waals surface area (Å²) >= 11 is 0. The van der Waals surface area contributed by atoms with Crippen LogP contribution in [-0.2, 0) is 19.4 Å². The summed E-state index contributed by atoms with van der Waals surface area (Å²) in [5, 5.41) is 26.2. The summed E-state index contributed by atoms with van der Waals surface area (Å²) in [6.07, 6.45) is 31.1. The van der Waals surface area contributed by atoms with Crippen molar-refractivity contribution in [1.29, 1.82) is 0 Å². The maximum Gasteiger partial charge on any atom is 1.00 e. The molecule has 256 valence electrons. The molecule has 1 atom stereocenters. The zero-order valence-corrected chi connectivity index (χ0v) is 31.5. The summed E-state index contributed by atoms with van der Waals surface area (Å²) in [4.78, 5) is 10.2. The van der Waals surface area contributed by atoms with Crippen molar-refractivity contribution in [3.05, 3.63) is 0 Å². The SMILES string of the molecule is CC(O)CO.CCCCCCCCCCCCCCCCCC(=O)[O-].CCCCCCCCCCCCOS(=O)(=O)O.[Na+]. The molecule has 0 spiro atoms. The number of carboxylic acids is 1. The second-order valence-electron chi connectivity index (χ2n) is 11.5. The topological polar surface area (TPSA) is 144 Å². The molecule has 0 saturated heterocycles. The second kappa shape index (κ2) is 42.3. The van der Waals surface area contributed by atoms with E-state index in [1.54, 1.807) is 0 Å². The molecule has 0 fully saturated rings. The minimum atomic E-state index is -4.23. The summed E-state index contributed by atoms with van der Waals surface area (Å²) in [6, 6.07) is 0. The molecular formula is C33H69NaO8S. The number of carbonyl (C=O) groups excluding carboxylic acids is 1. The smallest absolute Gasteiger partial charge is 0.550 e. The van der Waals surface area contributed by atoms with Gasteiger partial charge in [-0.1, -0.05) is 162 Å². The van der Waals surface area contributed by atoms with E-state index in [1.165, 1.54) is 135 Å². The van der Waals surface area contributed by atoms with E-state index >= 15 is 0 Å². The van der Waals surface area contributed by atoms with Crippen LogP contribution in [0.5, 0.6) is 0 Å². The minimum Gasteiger partial charge on any atom is -0.550 e. The fourth-order valence-electron chi connectivity index (χ4n) is 4.39. The van der Waals surface area contributed by atoms with E-state index in [9.17, 15) is 18.3 Å². The van der Waals surface area contributed by atoms with E-state index in [4.69, 9.17) is 14.8 Å². The predicted molar refractivity (Wildman–Crippen MR) is 173 cm³/mol. The average molecular weight is 649 g/mol. The molecule has 0 saturated carbocycles. The van der Waals surface area contributed by atoms with Crippen molar-refractivity contribution in [1.82, 2.24) is 0 Å². The number of unbranched alkanes of at least 4 members (excludes halogenated alkanes) is 23. The van der Waals surface area contributed by atoms with E-state index < -0.39 is 22.5 Å². The Bertz CT molecular complexity index is 618. The van der Waals surface area contributed by atoms with Crippen molar-refractivity contribution in [3.63, 3.8) is 0 Å². The summed E-state index contributed by atoms with van der Waals surface area (Å²) < 4.78 is 33.0. The van der Waals surface area contributed by atoms with Crippen LogP contribution in [-0.4, -0.2) is 48.5 Å². The van der Waals surface area contributed by atoms with Crippen molar-refractivity contribution in [2.75, 3.05) is 13.2 Å². The molecule has 0 aliphatic carbocycles. The molecule has 0 rings (SSSR count). The standard InChI is InChI=1S/C18H36O2.C12H26O4S.C3H8O2.Na/c1-2-3-4-5-6-7-8-9-10-11-12-13-14-15-16-17-18(19)20;1-2-3-4-5-6-7-8-9-10-11-12-16-17(13,14)15;1-3(5)2-4;/h2-17H2,1H3,(H,19,20);2-12H2,1H3,(H,13,14,15);3-5H,2H2,1H3;/q;;;+1/p-1. The van der Waals surface area contributed by atoms with Gasteiger partial charge in [-0.2, -0.15) is 8.42 Å². The van der Waals surface area contributed by atoms with Crippen LogP contribution in [0.1, 0.15) is 188 Å². The Hall–Kier alpha value is 0.260. The van der Waals surface area contributed by atoms with Crippen LogP contribution in [0.25, 0.3) is 0 Å². The van der Waals surface area contributed by atoms with Crippen LogP contribution < -0.4 is 34.7 Å². The molecule has 10 heteroatoms. The minimum absolute atomic E-state index is 0. The van der Waals surface area contributed by atoms with Crippen LogP contribution in [0.15, 0.2) is 0 Å². The zero-order chi connectivity index (χ0) is 32.2. The molecule has 0 radical (unpaired) electrons. The molecular weight excluding hydrogens is 579 g/mol. The van der Waals surface area contributed by atoms with Gasteiger partial charge in [-0.25, -0.2) is 4.18 Å². The van der Waals surface area contributed by atoms with E-state index in [0.717, 1.165) is 25.7 Å². The Kier molecular flexibility index (Phi) is 49.3. The Balaban J connectivity index is -0.000000302. The summed E-state index contributed by atoms with van der Waals surface area (Å²) in [7, 11) is -4.23. The Morgan fingerprint density at radius 2 is 0.884 bits per heavy atom. The number of aliphatic hydroxyl groups is 2. The normalized spacial score (nSPS) is 11.5. The Morgan fingerprint density at radius 1 is 0.628 bits per heavy atom. The predicted octanol–water partition coefficient (Wildman–Crippen LogP) is 5.09.